The van der Waals surface area contributed by atoms with Crippen molar-refractivity contribution in [2.24, 2.45) is 10.8 Å². The van der Waals surface area contributed by atoms with Gasteiger partial charge in [0, 0.05) is 45.0 Å². The maximum atomic E-state index is 12.7. The summed E-state index contributed by atoms with van der Waals surface area (Å²) in [4.78, 5) is 19.0. The topological polar surface area (TPSA) is 50.6 Å². The van der Waals surface area contributed by atoms with Crippen molar-refractivity contribution in [3.8, 4) is 6.07 Å². The fourth-order valence-electron chi connectivity index (χ4n) is 5.13. The molecule has 2 atom stereocenters. The van der Waals surface area contributed by atoms with Crippen molar-refractivity contribution in [3.05, 3.63) is 11.8 Å². The molecule has 0 aromatic carbocycles. The van der Waals surface area contributed by atoms with E-state index in [-0.39, 0.29) is 5.91 Å². The van der Waals surface area contributed by atoms with Gasteiger partial charge in [0.25, 0.3) is 5.91 Å². The molecule has 1 amide bonds. The number of piperazine rings is 1. The van der Waals surface area contributed by atoms with E-state index < -0.39 is 0 Å². The standard InChI is InChI=1S/C19H30N4O/c1-18(2)9-16-10-19(3,13-18)14-23(16)12-15(11-20)17(24)22-7-5-21(4)6-8-22/h12,16H,5-10,13-14H2,1-4H3/b15-12-. The summed E-state index contributed by atoms with van der Waals surface area (Å²) in [6.45, 7) is 11.2. The summed E-state index contributed by atoms with van der Waals surface area (Å²) in [5, 5.41) is 9.54. The van der Waals surface area contributed by atoms with E-state index in [1.807, 2.05) is 11.1 Å². The number of nitriles is 1. The Morgan fingerprint density at radius 2 is 1.83 bits per heavy atom. The fourth-order valence-corrected chi connectivity index (χ4v) is 5.13. The molecule has 132 valence electrons. The minimum atomic E-state index is -0.100. The highest BCUT2D eigenvalue weighted by Crippen LogP contribution is 2.52. The number of hydrogen-bond acceptors (Lipinski definition) is 4. The second kappa shape index (κ2) is 6.07. The van der Waals surface area contributed by atoms with Gasteiger partial charge >= 0.3 is 0 Å². The molecule has 2 bridgehead atoms. The van der Waals surface area contributed by atoms with Crippen LogP contribution in [-0.2, 0) is 4.79 Å². The highest BCUT2D eigenvalue weighted by atomic mass is 16.2. The first kappa shape index (κ1) is 17.3. The van der Waals surface area contributed by atoms with Crippen molar-refractivity contribution in [2.45, 2.75) is 46.1 Å². The van der Waals surface area contributed by atoms with Crippen LogP contribution in [0.25, 0.3) is 0 Å². The zero-order valence-electron chi connectivity index (χ0n) is 15.5. The van der Waals surface area contributed by atoms with Crippen molar-refractivity contribution in [1.82, 2.24) is 14.7 Å². The lowest BCUT2D eigenvalue weighted by molar-refractivity contribution is -0.128. The molecule has 1 aliphatic carbocycles. The van der Waals surface area contributed by atoms with Crippen LogP contribution in [0.4, 0.5) is 0 Å². The van der Waals surface area contributed by atoms with E-state index in [4.69, 9.17) is 0 Å². The summed E-state index contributed by atoms with van der Waals surface area (Å²) in [5.74, 6) is -0.100. The molecule has 3 aliphatic rings. The van der Waals surface area contributed by atoms with Gasteiger partial charge in [-0.1, -0.05) is 20.8 Å². The number of likely N-dealkylation sites (N-methyl/N-ethyl adjacent to an activating group) is 1. The van der Waals surface area contributed by atoms with Crippen LogP contribution in [0.5, 0.6) is 0 Å². The van der Waals surface area contributed by atoms with Crippen LogP contribution in [0, 0.1) is 22.2 Å². The third kappa shape index (κ3) is 3.44. The summed E-state index contributed by atoms with van der Waals surface area (Å²) in [7, 11) is 2.07. The van der Waals surface area contributed by atoms with Gasteiger partial charge in [-0.2, -0.15) is 5.26 Å². The van der Waals surface area contributed by atoms with Crippen LogP contribution < -0.4 is 0 Å². The largest absolute Gasteiger partial charge is 0.373 e. The minimum Gasteiger partial charge on any atom is -0.373 e. The Kier molecular flexibility index (Phi) is 4.37. The Hall–Kier alpha value is -1.54. The van der Waals surface area contributed by atoms with Gasteiger partial charge in [-0.15, -0.1) is 0 Å². The van der Waals surface area contributed by atoms with E-state index >= 15 is 0 Å². The van der Waals surface area contributed by atoms with Gasteiger partial charge in [0.1, 0.15) is 11.6 Å². The summed E-state index contributed by atoms with van der Waals surface area (Å²) < 4.78 is 0. The van der Waals surface area contributed by atoms with E-state index in [9.17, 15) is 10.1 Å². The molecule has 1 saturated carbocycles. The zero-order chi connectivity index (χ0) is 17.5. The van der Waals surface area contributed by atoms with Gasteiger partial charge in [-0.25, -0.2) is 0 Å². The molecule has 0 aromatic rings. The zero-order valence-corrected chi connectivity index (χ0v) is 15.5. The predicted octanol–water partition coefficient (Wildman–Crippen LogP) is 2.07. The third-order valence-corrected chi connectivity index (χ3v) is 5.89. The number of carbonyl (C=O) groups is 1. The lowest BCUT2D eigenvalue weighted by atomic mass is 9.65. The Bertz CT molecular complexity index is 583. The molecule has 2 unspecified atom stereocenters. The van der Waals surface area contributed by atoms with Crippen molar-refractivity contribution in [3.63, 3.8) is 0 Å². The molecule has 2 heterocycles. The first-order valence-corrected chi connectivity index (χ1v) is 9.07. The number of hydrogen-bond donors (Lipinski definition) is 0. The van der Waals surface area contributed by atoms with E-state index in [0.717, 1.165) is 26.1 Å². The summed E-state index contributed by atoms with van der Waals surface area (Å²) in [6, 6.07) is 2.63. The van der Waals surface area contributed by atoms with Crippen LogP contribution in [0.2, 0.25) is 0 Å². The lowest BCUT2D eigenvalue weighted by Crippen LogP contribution is -2.47. The van der Waals surface area contributed by atoms with Crippen molar-refractivity contribution >= 4 is 5.91 Å². The molecule has 0 aromatic heterocycles. The quantitative estimate of drug-likeness (QED) is 0.574. The van der Waals surface area contributed by atoms with E-state index in [1.165, 1.54) is 12.8 Å². The number of fused-ring (bicyclic) bond motifs is 2. The first-order valence-electron chi connectivity index (χ1n) is 9.07. The van der Waals surface area contributed by atoms with Crippen LogP contribution in [0.1, 0.15) is 40.0 Å². The second-order valence-electron chi connectivity index (χ2n) is 9.14. The van der Waals surface area contributed by atoms with Crippen LogP contribution in [0.3, 0.4) is 0 Å². The second-order valence-corrected chi connectivity index (χ2v) is 9.14. The Balaban J connectivity index is 1.74. The SMILES string of the molecule is CN1CCN(C(=O)/C(C#N)=C\N2CC3(C)CC2CC(C)(C)C3)CC1. The molecule has 2 saturated heterocycles. The molecule has 5 heteroatoms. The number of amides is 1. The van der Waals surface area contributed by atoms with Gasteiger partial charge < -0.3 is 14.7 Å². The molecular weight excluding hydrogens is 300 g/mol. The molecule has 24 heavy (non-hydrogen) atoms. The van der Waals surface area contributed by atoms with Crippen molar-refractivity contribution in [1.29, 1.82) is 5.26 Å². The van der Waals surface area contributed by atoms with Crippen LogP contribution in [0.15, 0.2) is 11.8 Å². The maximum Gasteiger partial charge on any atom is 0.266 e. The van der Waals surface area contributed by atoms with Gasteiger partial charge in [-0.05, 0) is 37.1 Å². The number of likely N-dealkylation sites (tertiary alicyclic amines) is 1. The third-order valence-electron chi connectivity index (χ3n) is 5.89. The average molecular weight is 330 g/mol. The molecule has 2 aliphatic heterocycles. The molecule has 5 nitrogen and oxygen atoms in total. The van der Waals surface area contributed by atoms with E-state index in [0.29, 0.717) is 35.5 Å². The van der Waals surface area contributed by atoms with Gasteiger partial charge in [0.05, 0.1) is 0 Å². The van der Waals surface area contributed by atoms with E-state index in [1.54, 1.807) is 0 Å². The van der Waals surface area contributed by atoms with Crippen molar-refractivity contribution < 1.29 is 4.79 Å². The first-order chi connectivity index (χ1) is 11.2. The molecule has 0 N–H and O–H groups in total. The minimum absolute atomic E-state index is 0.100. The van der Waals surface area contributed by atoms with Crippen LogP contribution in [-0.4, -0.2) is 66.4 Å². The number of carbonyl (C=O) groups excluding carboxylic acids is 1. The average Bonchev–Trinajstić information content (AvgIpc) is 2.73. The Morgan fingerprint density at radius 3 is 2.46 bits per heavy atom. The molecule has 0 radical (unpaired) electrons. The number of nitrogens with zero attached hydrogens (tertiary/aromatic N) is 4. The van der Waals surface area contributed by atoms with Crippen LogP contribution >= 0.6 is 0 Å². The molecule has 0 spiro atoms. The normalized spacial score (nSPS) is 33.5. The fraction of sp³-hybridized carbons (Fsp3) is 0.789. The lowest BCUT2D eigenvalue weighted by Gasteiger charge is -2.39. The van der Waals surface area contributed by atoms with E-state index in [2.05, 4.69) is 43.7 Å². The molecule has 3 rings (SSSR count). The monoisotopic (exact) mass is 330 g/mol. The van der Waals surface area contributed by atoms with Gasteiger partial charge in [-0.3, -0.25) is 4.79 Å². The highest BCUT2D eigenvalue weighted by molar-refractivity contribution is 5.97. The van der Waals surface area contributed by atoms with Crippen molar-refractivity contribution in [2.75, 3.05) is 39.8 Å². The Labute approximate surface area is 145 Å². The van der Waals surface area contributed by atoms with Gasteiger partial charge in [0.15, 0.2) is 0 Å². The summed E-state index contributed by atoms with van der Waals surface area (Å²) in [6.07, 6.45) is 5.39. The highest BCUT2D eigenvalue weighted by Gasteiger charge is 2.49. The Morgan fingerprint density at radius 1 is 1.17 bits per heavy atom. The predicted molar refractivity (Wildman–Crippen MR) is 94.0 cm³/mol. The smallest absolute Gasteiger partial charge is 0.266 e. The summed E-state index contributed by atoms with van der Waals surface area (Å²) in [5.41, 5.74) is 0.947. The molecule has 3 fully saturated rings. The number of rotatable bonds is 2. The summed E-state index contributed by atoms with van der Waals surface area (Å²) >= 11 is 0. The molecular formula is C19H30N4O. The van der Waals surface area contributed by atoms with Gasteiger partial charge in [0.2, 0.25) is 0 Å². The maximum absolute atomic E-state index is 12.7.